The molecule has 0 bridgehead atoms. The van der Waals surface area contributed by atoms with Gasteiger partial charge in [-0.05, 0) is 84.0 Å². The number of rotatable bonds is 30. The Balaban J connectivity index is 3.52. The quantitative estimate of drug-likeness (QED) is 0.0509. The summed E-state index contributed by atoms with van der Waals surface area (Å²) in [5.74, 6) is -0.740. The fraction of sp³-hybridized carbons (Fsp3) is 0.641. The zero-order valence-electron chi connectivity index (χ0n) is 27.7. The molecule has 0 saturated carbocycles. The molecule has 0 aromatic carbocycles. The van der Waals surface area contributed by atoms with Crippen molar-refractivity contribution in [3.63, 3.8) is 0 Å². The highest BCUT2D eigenvalue weighted by atomic mass is 16.5. The summed E-state index contributed by atoms with van der Waals surface area (Å²) in [6.07, 6.45) is 48.9. The van der Waals surface area contributed by atoms with Crippen LogP contribution in [0.5, 0.6) is 0 Å². The van der Waals surface area contributed by atoms with E-state index in [1.807, 2.05) is 6.92 Å². The molecule has 0 spiro atoms. The number of carboxylic acids is 1. The number of hydrogen-bond donors (Lipinski definition) is 1. The molecule has 0 aromatic rings. The first-order valence-corrected chi connectivity index (χ1v) is 17.4. The van der Waals surface area contributed by atoms with Crippen LogP contribution in [0.25, 0.3) is 0 Å². The van der Waals surface area contributed by atoms with Gasteiger partial charge in [0.2, 0.25) is 0 Å². The van der Waals surface area contributed by atoms with E-state index in [0.717, 1.165) is 89.9 Å². The molecule has 43 heavy (non-hydrogen) atoms. The molecule has 0 saturated heterocycles. The molecule has 1 N–H and O–H groups in total. The lowest BCUT2D eigenvalue weighted by atomic mass is 10.0. The van der Waals surface area contributed by atoms with Crippen LogP contribution in [0.1, 0.15) is 155 Å². The molecular formula is C39H64O4. The third-order valence-electron chi connectivity index (χ3n) is 7.18. The number of allylic oxidation sites excluding steroid dienone is 12. The second-order valence-corrected chi connectivity index (χ2v) is 11.4. The Morgan fingerprint density at radius 1 is 0.535 bits per heavy atom. The van der Waals surface area contributed by atoms with Gasteiger partial charge in [-0.2, -0.15) is 0 Å². The van der Waals surface area contributed by atoms with E-state index in [2.05, 4.69) is 79.8 Å². The van der Waals surface area contributed by atoms with Crippen LogP contribution in [0.3, 0.4) is 0 Å². The largest absolute Gasteiger partial charge is 0.481 e. The monoisotopic (exact) mass is 596 g/mol. The minimum atomic E-state index is -0.684. The van der Waals surface area contributed by atoms with E-state index >= 15 is 0 Å². The smallest absolute Gasteiger partial charge is 0.306 e. The van der Waals surface area contributed by atoms with Crippen molar-refractivity contribution < 1.29 is 19.4 Å². The number of esters is 1. The average molecular weight is 597 g/mol. The van der Waals surface area contributed by atoms with Crippen molar-refractivity contribution in [3.8, 4) is 0 Å². The topological polar surface area (TPSA) is 63.6 Å². The van der Waals surface area contributed by atoms with Crippen molar-refractivity contribution in [1.29, 1.82) is 0 Å². The lowest BCUT2D eigenvalue weighted by molar-refractivity contribution is -0.148. The van der Waals surface area contributed by atoms with Gasteiger partial charge in [0, 0.05) is 12.8 Å². The molecule has 0 radical (unpaired) electrons. The van der Waals surface area contributed by atoms with Crippen LogP contribution in [-0.4, -0.2) is 23.1 Å². The Labute approximate surface area is 265 Å². The highest BCUT2D eigenvalue weighted by molar-refractivity contribution is 5.69. The molecule has 0 aromatic heterocycles. The molecule has 1 unspecified atom stereocenters. The van der Waals surface area contributed by atoms with E-state index in [1.54, 1.807) is 0 Å². The van der Waals surface area contributed by atoms with Gasteiger partial charge in [-0.25, -0.2) is 0 Å². The Bertz CT molecular complexity index is 815. The van der Waals surface area contributed by atoms with Crippen LogP contribution in [-0.2, 0) is 14.3 Å². The fourth-order valence-electron chi connectivity index (χ4n) is 4.64. The van der Waals surface area contributed by atoms with E-state index in [1.165, 1.54) is 38.5 Å². The maximum absolute atomic E-state index is 12.1. The number of carboxylic acid groups (broad SMARTS) is 1. The normalized spacial score (nSPS) is 13.2. The third kappa shape index (κ3) is 35.5. The predicted molar refractivity (Wildman–Crippen MR) is 185 cm³/mol. The van der Waals surface area contributed by atoms with Crippen molar-refractivity contribution in [3.05, 3.63) is 72.9 Å². The summed E-state index contributed by atoms with van der Waals surface area (Å²) >= 11 is 0. The lowest BCUT2D eigenvalue weighted by Crippen LogP contribution is -2.14. The molecule has 0 aliphatic carbocycles. The van der Waals surface area contributed by atoms with Gasteiger partial charge in [-0.1, -0.05) is 131 Å². The maximum Gasteiger partial charge on any atom is 0.306 e. The van der Waals surface area contributed by atoms with Gasteiger partial charge < -0.3 is 9.84 Å². The summed E-state index contributed by atoms with van der Waals surface area (Å²) in [5, 5.41) is 8.64. The zero-order chi connectivity index (χ0) is 31.5. The van der Waals surface area contributed by atoms with Gasteiger partial charge in [0.05, 0.1) is 6.10 Å². The first kappa shape index (κ1) is 40.4. The highest BCUT2D eigenvalue weighted by Gasteiger charge is 2.08. The first-order chi connectivity index (χ1) is 21.1. The Kier molecular flexibility index (Phi) is 31.8. The van der Waals surface area contributed by atoms with E-state index in [9.17, 15) is 9.59 Å². The molecule has 0 heterocycles. The van der Waals surface area contributed by atoms with E-state index in [0.29, 0.717) is 12.8 Å². The number of carbonyl (C=O) groups excluding carboxylic acids is 1. The summed E-state index contributed by atoms with van der Waals surface area (Å²) in [4.78, 5) is 22.6. The van der Waals surface area contributed by atoms with Crippen molar-refractivity contribution in [2.45, 2.75) is 161 Å². The number of carbonyl (C=O) groups is 2. The Hall–Kier alpha value is -2.62. The van der Waals surface area contributed by atoms with Crippen LogP contribution in [0, 0.1) is 0 Å². The Morgan fingerprint density at radius 3 is 1.40 bits per heavy atom. The SMILES string of the molecule is CC/C=C\C/C=C\C/C=C\C/C=C\C/C=C\C/C=C\CCCCC(=O)OC(C)CCCCCCCCCCCCC(=O)O. The molecule has 4 nitrogen and oxygen atoms in total. The highest BCUT2D eigenvalue weighted by Crippen LogP contribution is 2.14. The second kappa shape index (κ2) is 33.9. The minimum absolute atomic E-state index is 0.0154. The summed E-state index contributed by atoms with van der Waals surface area (Å²) in [6, 6.07) is 0. The van der Waals surface area contributed by atoms with E-state index in [4.69, 9.17) is 9.84 Å². The third-order valence-corrected chi connectivity index (χ3v) is 7.18. The molecular weight excluding hydrogens is 532 g/mol. The van der Waals surface area contributed by atoms with Gasteiger partial charge in [-0.15, -0.1) is 0 Å². The van der Waals surface area contributed by atoms with Crippen LogP contribution >= 0.6 is 0 Å². The van der Waals surface area contributed by atoms with Gasteiger partial charge in [0.25, 0.3) is 0 Å². The molecule has 0 aliphatic rings. The van der Waals surface area contributed by atoms with Gasteiger partial charge in [-0.3, -0.25) is 9.59 Å². The van der Waals surface area contributed by atoms with Crippen LogP contribution in [0.2, 0.25) is 0 Å². The zero-order valence-corrected chi connectivity index (χ0v) is 27.7. The lowest BCUT2D eigenvalue weighted by Gasteiger charge is -2.13. The summed E-state index contributed by atoms with van der Waals surface area (Å²) in [5.41, 5.74) is 0. The molecule has 1 atom stereocenters. The minimum Gasteiger partial charge on any atom is -0.481 e. The molecule has 0 rings (SSSR count). The van der Waals surface area contributed by atoms with Crippen LogP contribution < -0.4 is 0 Å². The number of ether oxygens (including phenoxy) is 1. The first-order valence-electron chi connectivity index (χ1n) is 17.4. The molecule has 0 aliphatic heterocycles. The van der Waals surface area contributed by atoms with Crippen molar-refractivity contribution in [2.24, 2.45) is 0 Å². The van der Waals surface area contributed by atoms with Crippen LogP contribution in [0.15, 0.2) is 72.9 Å². The molecule has 244 valence electrons. The second-order valence-electron chi connectivity index (χ2n) is 11.4. The molecule has 0 amide bonds. The van der Waals surface area contributed by atoms with Gasteiger partial charge in [0.15, 0.2) is 0 Å². The van der Waals surface area contributed by atoms with E-state index < -0.39 is 5.97 Å². The van der Waals surface area contributed by atoms with Crippen molar-refractivity contribution >= 4 is 11.9 Å². The number of unbranched alkanes of at least 4 members (excludes halogenated alkanes) is 11. The number of hydrogen-bond acceptors (Lipinski definition) is 3. The fourth-order valence-corrected chi connectivity index (χ4v) is 4.64. The van der Waals surface area contributed by atoms with Gasteiger partial charge >= 0.3 is 11.9 Å². The summed E-state index contributed by atoms with van der Waals surface area (Å²) in [7, 11) is 0. The summed E-state index contributed by atoms with van der Waals surface area (Å²) in [6.45, 7) is 4.17. The molecule has 0 fully saturated rings. The Morgan fingerprint density at radius 2 is 0.930 bits per heavy atom. The van der Waals surface area contributed by atoms with E-state index in [-0.39, 0.29) is 12.1 Å². The molecule has 4 heteroatoms. The average Bonchev–Trinajstić information content (AvgIpc) is 2.98. The number of aliphatic carboxylic acids is 1. The summed E-state index contributed by atoms with van der Waals surface area (Å²) < 4.78 is 5.58. The van der Waals surface area contributed by atoms with Crippen LogP contribution in [0.4, 0.5) is 0 Å². The maximum atomic E-state index is 12.1. The standard InChI is InChI=1S/C39H64O4/c1-3-4-5-6-7-8-9-10-11-12-13-14-15-16-17-18-19-24-27-30-33-36-39(42)43-37(2)34-31-28-25-22-20-21-23-26-29-32-35-38(40)41/h4-5,7-8,10-11,13-14,16-17,19,24,37H,3,6,9,12,15,18,20-23,25-36H2,1-2H3,(H,40,41)/b5-4-,8-7-,11-10-,14-13-,17-16-,24-19-. The van der Waals surface area contributed by atoms with Crippen molar-refractivity contribution in [1.82, 2.24) is 0 Å². The van der Waals surface area contributed by atoms with Gasteiger partial charge in [0.1, 0.15) is 0 Å². The van der Waals surface area contributed by atoms with Crippen molar-refractivity contribution in [2.75, 3.05) is 0 Å². The predicted octanol–water partition coefficient (Wildman–Crippen LogP) is 11.9.